The molecule has 0 aliphatic carbocycles. The fourth-order valence-corrected chi connectivity index (χ4v) is 4.43. The Balaban J connectivity index is 1.91. The zero-order valence-corrected chi connectivity index (χ0v) is 19.5. The largest absolute Gasteiger partial charge is 0.507 e. The summed E-state index contributed by atoms with van der Waals surface area (Å²) in [6.07, 6.45) is 1.62. The first-order valence-corrected chi connectivity index (χ1v) is 11.4. The Kier molecular flexibility index (Phi) is 6.74. The standard InChI is InChI=1S/C25H23N3O5S/c1-4-13-33-18-12-11-17(14-19(18)32-5-2)21-20(22(29)16-9-7-6-8-10-16)23(30)24(31)28(21)25-27-26-15(3)34-25/h4,6-12,14,21,29H,1,5,13H2,2-3H3. The van der Waals surface area contributed by atoms with Crippen molar-refractivity contribution in [3.8, 4) is 11.5 Å². The highest BCUT2D eigenvalue weighted by atomic mass is 32.1. The van der Waals surface area contributed by atoms with Crippen molar-refractivity contribution in [1.82, 2.24) is 10.2 Å². The van der Waals surface area contributed by atoms with Gasteiger partial charge in [0.05, 0.1) is 18.2 Å². The highest BCUT2D eigenvalue weighted by molar-refractivity contribution is 7.15. The van der Waals surface area contributed by atoms with Gasteiger partial charge in [0.25, 0.3) is 5.78 Å². The maximum atomic E-state index is 13.2. The third kappa shape index (κ3) is 4.29. The third-order valence-corrected chi connectivity index (χ3v) is 5.99. The molecule has 9 heteroatoms. The molecule has 174 valence electrons. The van der Waals surface area contributed by atoms with Gasteiger partial charge < -0.3 is 14.6 Å². The number of aromatic nitrogens is 2. The highest BCUT2D eigenvalue weighted by Crippen LogP contribution is 2.44. The first kappa shape index (κ1) is 23.2. The van der Waals surface area contributed by atoms with Gasteiger partial charge in [0.15, 0.2) is 11.5 Å². The van der Waals surface area contributed by atoms with E-state index in [2.05, 4.69) is 16.8 Å². The fraction of sp³-hybridized carbons (Fsp3) is 0.200. The number of hydrogen-bond donors (Lipinski definition) is 1. The van der Waals surface area contributed by atoms with Crippen LogP contribution in [-0.2, 0) is 9.59 Å². The number of ether oxygens (including phenoxy) is 2. The summed E-state index contributed by atoms with van der Waals surface area (Å²) in [7, 11) is 0. The second kappa shape index (κ2) is 9.88. The van der Waals surface area contributed by atoms with Gasteiger partial charge in [-0.05, 0) is 31.5 Å². The van der Waals surface area contributed by atoms with Gasteiger partial charge >= 0.3 is 5.91 Å². The quantitative estimate of drug-likeness (QED) is 0.222. The number of aryl methyl sites for hydroxylation is 1. The van der Waals surface area contributed by atoms with Gasteiger partial charge in [-0.1, -0.05) is 60.4 Å². The van der Waals surface area contributed by atoms with Gasteiger partial charge in [-0.25, -0.2) is 0 Å². The van der Waals surface area contributed by atoms with E-state index in [9.17, 15) is 14.7 Å². The van der Waals surface area contributed by atoms with Crippen LogP contribution < -0.4 is 14.4 Å². The van der Waals surface area contributed by atoms with Crippen LogP contribution in [0.3, 0.4) is 0 Å². The summed E-state index contributed by atoms with van der Waals surface area (Å²) in [6.45, 7) is 7.93. The van der Waals surface area contributed by atoms with Crippen LogP contribution in [-0.4, -0.2) is 40.2 Å². The van der Waals surface area contributed by atoms with Crippen LogP contribution in [0.5, 0.6) is 11.5 Å². The Morgan fingerprint density at radius 1 is 1.15 bits per heavy atom. The third-order valence-electron chi connectivity index (χ3n) is 5.15. The van der Waals surface area contributed by atoms with Gasteiger partial charge in [0.2, 0.25) is 5.13 Å². The zero-order valence-electron chi connectivity index (χ0n) is 18.7. The number of ketones is 1. The van der Waals surface area contributed by atoms with Gasteiger partial charge in [0.1, 0.15) is 17.4 Å². The Labute approximate surface area is 200 Å². The van der Waals surface area contributed by atoms with Gasteiger partial charge in [-0.3, -0.25) is 14.5 Å². The van der Waals surface area contributed by atoms with E-state index >= 15 is 0 Å². The Morgan fingerprint density at radius 3 is 2.56 bits per heavy atom. The van der Waals surface area contributed by atoms with Crippen molar-refractivity contribution in [2.45, 2.75) is 19.9 Å². The van der Waals surface area contributed by atoms with E-state index in [1.807, 2.05) is 6.92 Å². The first-order valence-electron chi connectivity index (χ1n) is 10.6. The van der Waals surface area contributed by atoms with E-state index < -0.39 is 17.7 Å². The maximum absolute atomic E-state index is 13.2. The van der Waals surface area contributed by atoms with E-state index in [0.29, 0.717) is 34.2 Å². The monoisotopic (exact) mass is 477 g/mol. The number of rotatable bonds is 8. The number of nitrogens with zero attached hydrogens (tertiary/aromatic N) is 3. The minimum Gasteiger partial charge on any atom is -0.507 e. The number of Topliss-reactive ketones (excluding diaryl/α,β-unsaturated/α-hetero) is 1. The van der Waals surface area contributed by atoms with Crippen LogP contribution in [0.2, 0.25) is 0 Å². The van der Waals surface area contributed by atoms with Gasteiger partial charge in [0, 0.05) is 5.56 Å². The molecule has 1 aliphatic rings. The van der Waals surface area contributed by atoms with Crippen molar-refractivity contribution < 1.29 is 24.2 Å². The van der Waals surface area contributed by atoms with E-state index in [4.69, 9.17) is 9.47 Å². The van der Waals surface area contributed by atoms with Crippen LogP contribution in [0, 0.1) is 6.92 Å². The molecule has 0 bridgehead atoms. The van der Waals surface area contributed by atoms with Gasteiger partial charge in [-0.2, -0.15) is 0 Å². The second-order valence-corrected chi connectivity index (χ2v) is 8.54. The summed E-state index contributed by atoms with van der Waals surface area (Å²) in [4.78, 5) is 27.6. The summed E-state index contributed by atoms with van der Waals surface area (Å²) >= 11 is 1.19. The van der Waals surface area contributed by atoms with E-state index in [0.717, 1.165) is 0 Å². The van der Waals surface area contributed by atoms with Crippen molar-refractivity contribution >= 4 is 33.9 Å². The molecule has 0 radical (unpaired) electrons. The molecule has 2 heterocycles. The molecule has 3 aromatic rings. The van der Waals surface area contributed by atoms with Crippen molar-refractivity contribution in [2.75, 3.05) is 18.1 Å². The smallest absolute Gasteiger partial charge is 0.301 e. The number of hydrogen-bond acceptors (Lipinski definition) is 8. The highest BCUT2D eigenvalue weighted by Gasteiger charge is 2.48. The number of amides is 1. The summed E-state index contributed by atoms with van der Waals surface area (Å²) in [5.41, 5.74) is 0.945. The topological polar surface area (TPSA) is 102 Å². The lowest BCUT2D eigenvalue weighted by Crippen LogP contribution is -2.29. The molecule has 0 saturated carbocycles. The Hall–Kier alpha value is -3.98. The van der Waals surface area contributed by atoms with Crippen LogP contribution in [0.15, 0.2) is 66.8 Å². The van der Waals surface area contributed by atoms with E-state index in [-0.39, 0.29) is 23.1 Å². The number of carbonyl (C=O) groups excluding carboxylic acids is 2. The molecule has 34 heavy (non-hydrogen) atoms. The predicted molar refractivity (Wildman–Crippen MR) is 129 cm³/mol. The molecule has 1 aromatic heterocycles. The molecule has 2 aromatic carbocycles. The predicted octanol–water partition coefficient (Wildman–Crippen LogP) is 4.44. The van der Waals surface area contributed by atoms with Crippen molar-refractivity contribution in [3.05, 3.63) is 82.9 Å². The SMILES string of the molecule is C=CCOc1ccc(C2C(=C(O)c3ccccc3)C(=O)C(=O)N2c2nnc(C)s2)cc1OCC. The summed E-state index contributed by atoms with van der Waals surface area (Å²) in [5, 5.41) is 20.1. The molecular formula is C25H23N3O5S. The minimum atomic E-state index is -0.930. The van der Waals surface area contributed by atoms with Gasteiger partial charge in [-0.15, -0.1) is 10.2 Å². The lowest BCUT2D eigenvalue weighted by atomic mass is 9.95. The van der Waals surface area contributed by atoms with Crippen LogP contribution in [0.4, 0.5) is 5.13 Å². The fourth-order valence-electron chi connectivity index (χ4n) is 3.71. The number of aliphatic hydroxyl groups is 1. The number of anilines is 1. The van der Waals surface area contributed by atoms with Crippen molar-refractivity contribution in [2.24, 2.45) is 0 Å². The zero-order chi connectivity index (χ0) is 24.2. The number of benzene rings is 2. The molecule has 1 aliphatic heterocycles. The molecule has 1 saturated heterocycles. The molecule has 8 nitrogen and oxygen atoms in total. The number of carbonyl (C=O) groups is 2. The van der Waals surface area contributed by atoms with Crippen LogP contribution in [0.25, 0.3) is 5.76 Å². The van der Waals surface area contributed by atoms with Crippen molar-refractivity contribution in [1.29, 1.82) is 0 Å². The van der Waals surface area contributed by atoms with Crippen LogP contribution in [0.1, 0.15) is 29.1 Å². The summed E-state index contributed by atoms with van der Waals surface area (Å²) in [5.74, 6) is -0.914. The molecule has 1 atom stereocenters. The summed E-state index contributed by atoms with van der Waals surface area (Å²) in [6, 6.07) is 12.8. The average Bonchev–Trinajstić information content (AvgIpc) is 3.39. The lowest BCUT2D eigenvalue weighted by molar-refractivity contribution is -0.132. The normalized spacial score (nSPS) is 17.1. The summed E-state index contributed by atoms with van der Waals surface area (Å²) < 4.78 is 11.4. The molecular weight excluding hydrogens is 454 g/mol. The Morgan fingerprint density at radius 2 is 1.91 bits per heavy atom. The van der Waals surface area contributed by atoms with E-state index in [1.165, 1.54) is 16.2 Å². The average molecular weight is 478 g/mol. The molecule has 0 spiro atoms. The molecule has 1 fully saturated rings. The second-order valence-electron chi connectivity index (χ2n) is 7.38. The molecule has 1 unspecified atom stereocenters. The lowest BCUT2D eigenvalue weighted by Gasteiger charge is -2.23. The number of aliphatic hydroxyl groups excluding tert-OH is 1. The Bertz CT molecular complexity index is 1270. The van der Waals surface area contributed by atoms with Crippen molar-refractivity contribution in [3.63, 3.8) is 0 Å². The van der Waals surface area contributed by atoms with E-state index in [1.54, 1.807) is 61.5 Å². The minimum absolute atomic E-state index is 0.0359. The molecule has 4 rings (SSSR count). The maximum Gasteiger partial charge on any atom is 0.301 e. The van der Waals surface area contributed by atoms with Crippen LogP contribution >= 0.6 is 11.3 Å². The molecule has 1 amide bonds. The molecule has 1 N–H and O–H groups in total. The first-order chi connectivity index (χ1) is 16.5.